The van der Waals surface area contributed by atoms with Crippen molar-refractivity contribution in [2.75, 3.05) is 13.2 Å². The molecular weight excluding hydrogens is 749 g/mol. The minimum absolute atomic E-state index is 0.0159. The number of hydrogen-bond acceptors (Lipinski definition) is 10. The number of hydrogen-bond donors (Lipinski definition) is 4. The number of fused-ring (bicyclic) bond motifs is 1. The quantitative estimate of drug-likeness (QED) is 0.0745. The number of nitrogens with one attached hydrogen (secondary N) is 3. The number of aliphatic hydroxyl groups is 1. The highest BCUT2D eigenvalue weighted by Gasteiger charge is 2.62. The highest BCUT2D eigenvalue weighted by atomic mass is 32.2. The van der Waals surface area contributed by atoms with Crippen molar-refractivity contribution in [3.05, 3.63) is 29.3 Å². The highest BCUT2D eigenvalue weighted by molar-refractivity contribution is 7.91. The van der Waals surface area contributed by atoms with Crippen LogP contribution < -0.4 is 20.1 Å². The van der Waals surface area contributed by atoms with Crippen LogP contribution in [0.25, 0.3) is 0 Å². The summed E-state index contributed by atoms with van der Waals surface area (Å²) in [4.78, 5) is 56.6. The van der Waals surface area contributed by atoms with E-state index in [-0.39, 0.29) is 31.7 Å². The maximum Gasteiger partial charge on any atom is 0.306 e. The van der Waals surface area contributed by atoms with Crippen molar-refractivity contribution < 1.29 is 42.2 Å². The van der Waals surface area contributed by atoms with E-state index in [0.717, 1.165) is 38.0 Å². The van der Waals surface area contributed by atoms with Crippen LogP contribution in [0.15, 0.2) is 18.2 Å². The van der Waals surface area contributed by atoms with Gasteiger partial charge >= 0.3 is 5.97 Å². The average molecular weight is 817 g/mol. The van der Waals surface area contributed by atoms with Crippen LogP contribution in [0, 0.1) is 17.3 Å². The lowest BCUT2D eigenvalue weighted by molar-refractivity contribution is -0.150. The van der Waals surface area contributed by atoms with Crippen molar-refractivity contribution in [1.29, 1.82) is 0 Å². The summed E-state index contributed by atoms with van der Waals surface area (Å²) in [6.45, 7) is 11.8. The van der Waals surface area contributed by atoms with Crippen LogP contribution in [0.3, 0.4) is 0 Å². The molecule has 4 aliphatic rings. The normalized spacial score (nSPS) is 25.6. The predicted octanol–water partition coefficient (Wildman–Crippen LogP) is 5.06. The van der Waals surface area contributed by atoms with Crippen LogP contribution in [0.5, 0.6) is 5.75 Å². The minimum Gasteiger partial charge on any atom is -0.493 e. The van der Waals surface area contributed by atoms with Gasteiger partial charge in [0.1, 0.15) is 29.7 Å². The molecule has 2 saturated carbocycles. The Morgan fingerprint density at radius 1 is 1.04 bits per heavy atom. The maximum absolute atomic E-state index is 14.2. The number of likely N-dealkylation sites (tertiary alicyclic amines) is 1. The number of nitrogens with zero attached hydrogens (tertiary/aromatic N) is 1. The topological polar surface area (TPSA) is 180 Å². The van der Waals surface area contributed by atoms with Crippen molar-refractivity contribution in [3.63, 3.8) is 0 Å². The zero-order valence-corrected chi connectivity index (χ0v) is 35.9. The van der Waals surface area contributed by atoms with Crippen LogP contribution >= 0.6 is 0 Å². The first kappa shape index (κ1) is 44.9. The molecule has 0 spiro atoms. The summed E-state index contributed by atoms with van der Waals surface area (Å²) in [5.74, 6) is -1.23. The third-order valence-electron chi connectivity index (χ3n) is 12.3. The van der Waals surface area contributed by atoms with Gasteiger partial charge in [-0.3, -0.25) is 29.2 Å². The van der Waals surface area contributed by atoms with Crippen molar-refractivity contribution in [2.24, 2.45) is 17.3 Å². The molecule has 5 rings (SSSR count). The van der Waals surface area contributed by atoms with E-state index < -0.39 is 74.3 Å². The highest BCUT2D eigenvalue weighted by Crippen LogP contribution is 2.47. The van der Waals surface area contributed by atoms with Gasteiger partial charge in [-0.1, -0.05) is 85.3 Å². The minimum atomic E-state index is -3.85. The number of unbranched alkanes of at least 4 members (excludes halogenated alkanes) is 5. The Morgan fingerprint density at radius 2 is 1.75 bits per heavy atom. The Hall–Kier alpha value is -3.23. The summed E-state index contributed by atoms with van der Waals surface area (Å²) >= 11 is 0. The van der Waals surface area contributed by atoms with Gasteiger partial charge in [0.25, 0.3) is 5.91 Å². The Balaban J connectivity index is 1.21. The molecule has 7 atom stereocenters. The number of carbonyl (C=O) groups is 4. The van der Waals surface area contributed by atoms with Gasteiger partial charge in [0.05, 0.1) is 24.4 Å². The van der Waals surface area contributed by atoms with E-state index in [1.807, 2.05) is 33.8 Å². The van der Waals surface area contributed by atoms with Crippen molar-refractivity contribution in [1.82, 2.24) is 20.3 Å². The smallest absolute Gasteiger partial charge is 0.306 e. The molecule has 7 unspecified atom stereocenters. The molecule has 320 valence electrons. The molecule has 57 heavy (non-hydrogen) atoms. The largest absolute Gasteiger partial charge is 0.493 e. The molecule has 1 aromatic rings. The SMILES string of the molecule is CCCCCCCCOc1cccc2c1CCC(CCC(=O)OC1CC(C(=O)NC3(C(=O)NS(=O)(=O)C4CC4)CC3CC)N(C(=O)C(NC(C)O)C(C)(C)C)C1)C2. The third kappa shape index (κ3) is 11.7. The van der Waals surface area contributed by atoms with Gasteiger partial charge in [0, 0.05) is 12.8 Å². The lowest BCUT2D eigenvalue weighted by Gasteiger charge is -2.36. The molecule has 0 bridgehead atoms. The molecule has 0 radical (unpaired) electrons. The van der Waals surface area contributed by atoms with E-state index in [2.05, 4.69) is 34.4 Å². The number of aliphatic hydroxyl groups excluding tert-OH is 1. The number of carbonyl (C=O) groups excluding carboxylic acids is 4. The summed E-state index contributed by atoms with van der Waals surface area (Å²) in [5.41, 5.74) is 0.445. The second kappa shape index (κ2) is 19.2. The molecule has 3 aliphatic carbocycles. The maximum atomic E-state index is 14.2. The van der Waals surface area contributed by atoms with Gasteiger partial charge in [-0.05, 0) is 92.7 Å². The van der Waals surface area contributed by atoms with Crippen LogP contribution in [-0.4, -0.2) is 90.5 Å². The fourth-order valence-corrected chi connectivity index (χ4v) is 9.99. The Labute approximate surface area is 340 Å². The van der Waals surface area contributed by atoms with Gasteiger partial charge in [-0.15, -0.1) is 0 Å². The van der Waals surface area contributed by atoms with E-state index in [0.29, 0.717) is 31.6 Å². The Morgan fingerprint density at radius 3 is 2.40 bits per heavy atom. The first-order valence-electron chi connectivity index (χ1n) is 21.5. The molecule has 0 aromatic heterocycles. The van der Waals surface area contributed by atoms with Crippen molar-refractivity contribution in [3.8, 4) is 5.75 Å². The van der Waals surface area contributed by atoms with Gasteiger partial charge < -0.3 is 24.8 Å². The molecule has 1 aromatic carbocycles. The Kier molecular flexibility index (Phi) is 15.1. The Bertz CT molecular complexity index is 1690. The van der Waals surface area contributed by atoms with Crippen molar-refractivity contribution >= 4 is 33.7 Å². The molecule has 3 fully saturated rings. The number of sulfonamides is 1. The predicted molar refractivity (Wildman–Crippen MR) is 217 cm³/mol. The number of ether oxygens (including phenoxy) is 2. The number of esters is 1. The first-order valence-corrected chi connectivity index (χ1v) is 23.1. The first-order chi connectivity index (χ1) is 27.0. The van der Waals surface area contributed by atoms with E-state index in [9.17, 15) is 32.7 Å². The van der Waals surface area contributed by atoms with Crippen LogP contribution in [0.2, 0.25) is 0 Å². The second-order valence-corrected chi connectivity index (χ2v) is 20.1. The molecule has 1 heterocycles. The van der Waals surface area contributed by atoms with Crippen molar-refractivity contribution in [2.45, 2.75) is 179 Å². The fraction of sp³-hybridized carbons (Fsp3) is 0.767. The molecular formula is C43H68N4O9S. The van der Waals surface area contributed by atoms with Crippen LogP contribution in [0.4, 0.5) is 0 Å². The van der Waals surface area contributed by atoms with Gasteiger partial charge in [-0.25, -0.2) is 8.42 Å². The monoisotopic (exact) mass is 816 g/mol. The summed E-state index contributed by atoms with van der Waals surface area (Å²) in [6, 6.07) is 4.27. The standard InChI is InChI=1S/C43H68N4O9S/c1-7-9-10-11-12-13-23-55-36-16-14-15-30-24-29(17-21-34(30)36)18-22-37(49)56-32-25-35(47(27-32)40(51)38(42(4,5)6)44-28(3)48)39(50)45-43(26-31(43)8-2)41(52)46-57(53,54)33-19-20-33/h14-16,28-29,31-33,35,38,44,48H,7-13,17-27H2,1-6H3,(H,45,50)(H,46,52). The molecule has 14 heteroatoms. The van der Waals surface area contributed by atoms with Gasteiger partial charge in [-0.2, -0.15) is 0 Å². The number of benzene rings is 1. The summed E-state index contributed by atoms with van der Waals surface area (Å²) in [7, 11) is -3.85. The van der Waals surface area contributed by atoms with E-state index in [4.69, 9.17) is 9.47 Å². The molecule has 1 aliphatic heterocycles. The number of rotatable bonds is 21. The zero-order chi connectivity index (χ0) is 41.5. The van der Waals surface area contributed by atoms with Crippen LogP contribution in [0.1, 0.15) is 143 Å². The van der Waals surface area contributed by atoms with E-state index in [1.54, 1.807) is 0 Å². The molecule has 1 saturated heterocycles. The van der Waals surface area contributed by atoms with Crippen LogP contribution in [-0.2, 0) is 46.8 Å². The lowest BCUT2D eigenvalue weighted by atomic mass is 9.81. The number of amides is 3. The summed E-state index contributed by atoms with van der Waals surface area (Å²) in [5, 5.41) is 15.4. The zero-order valence-electron chi connectivity index (χ0n) is 35.1. The summed E-state index contributed by atoms with van der Waals surface area (Å²) < 4.78 is 39.7. The average Bonchev–Trinajstić information content (AvgIpc) is 4.08. The lowest BCUT2D eigenvalue weighted by Crippen LogP contribution is -2.60. The summed E-state index contributed by atoms with van der Waals surface area (Å²) in [6.07, 6.45) is 10.8. The second-order valence-electron chi connectivity index (χ2n) is 18.1. The third-order valence-corrected chi connectivity index (χ3v) is 14.1. The van der Waals surface area contributed by atoms with Gasteiger partial charge in [0.2, 0.25) is 21.8 Å². The van der Waals surface area contributed by atoms with Gasteiger partial charge in [0.15, 0.2) is 0 Å². The molecule has 4 N–H and O–H groups in total. The molecule has 3 amide bonds. The fourth-order valence-electron chi connectivity index (χ4n) is 8.63. The molecule has 13 nitrogen and oxygen atoms in total. The van der Waals surface area contributed by atoms with E-state index >= 15 is 0 Å². The van der Waals surface area contributed by atoms with E-state index in [1.165, 1.54) is 55.1 Å².